The van der Waals surface area contributed by atoms with E-state index in [0.717, 1.165) is 6.07 Å². The van der Waals surface area contributed by atoms with Gasteiger partial charge >= 0.3 is 0 Å². The van der Waals surface area contributed by atoms with Gasteiger partial charge in [-0.25, -0.2) is 0 Å². The van der Waals surface area contributed by atoms with E-state index in [2.05, 4.69) is 14.4 Å². The van der Waals surface area contributed by atoms with Gasteiger partial charge in [-0.1, -0.05) is 0 Å². The number of rotatable bonds is 2. The van der Waals surface area contributed by atoms with Gasteiger partial charge in [0.15, 0.2) is 6.29 Å². The SMILES string of the molecule is [2H]C([2H])([2H])Oc1cc(C=O)on1. The smallest absolute Gasteiger partial charge is 0.254 e. The van der Waals surface area contributed by atoms with Crippen molar-refractivity contribution < 1.29 is 18.2 Å². The predicted octanol–water partition coefficient (Wildman–Crippen LogP) is 0.496. The minimum atomic E-state index is -2.57. The molecule has 0 aromatic carbocycles. The molecule has 9 heavy (non-hydrogen) atoms. The number of hydrogen-bond acceptors (Lipinski definition) is 4. The first-order chi connectivity index (χ1) is 5.51. The van der Waals surface area contributed by atoms with Crippen molar-refractivity contribution in [2.75, 3.05) is 7.04 Å². The van der Waals surface area contributed by atoms with Gasteiger partial charge in [-0.3, -0.25) is 4.79 Å². The minimum absolute atomic E-state index is 0.0748. The summed E-state index contributed by atoms with van der Waals surface area (Å²) in [5, 5.41) is 3.18. The Hall–Kier alpha value is -1.32. The molecule has 4 nitrogen and oxygen atoms in total. The van der Waals surface area contributed by atoms with Crippen molar-refractivity contribution >= 4 is 6.29 Å². The van der Waals surface area contributed by atoms with Crippen LogP contribution in [0.3, 0.4) is 0 Å². The molecular formula is C5H5NO3. The standard InChI is InChI=1S/C5H5NO3/c1-8-5-2-4(3-7)9-6-5/h2-3H,1H3/i1D3. The maximum absolute atomic E-state index is 10.1. The van der Waals surface area contributed by atoms with Crippen LogP contribution in [0.5, 0.6) is 5.88 Å². The van der Waals surface area contributed by atoms with E-state index < -0.39 is 7.04 Å². The second kappa shape index (κ2) is 2.30. The zero-order valence-corrected chi connectivity index (χ0v) is 4.33. The normalized spacial score (nSPS) is 15.3. The Bertz CT molecular complexity index is 280. The lowest BCUT2D eigenvalue weighted by Crippen LogP contribution is -1.78. The van der Waals surface area contributed by atoms with Gasteiger partial charge in [-0.2, -0.15) is 0 Å². The molecule has 0 saturated heterocycles. The Labute approximate surface area is 55.6 Å². The Balaban J connectivity index is 2.70. The van der Waals surface area contributed by atoms with E-state index in [0.29, 0.717) is 6.29 Å². The predicted molar refractivity (Wildman–Crippen MR) is 28.4 cm³/mol. The van der Waals surface area contributed by atoms with Crippen LogP contribution in [0, 0.1) is 0 Å². The number of aromatic nitrogens is 1. The summed E-state index contributed by atoms with van der Waals surface area (Å²) in [6.07, 6.45) is 0.402. The molecule has 1 rings (SSSR count). The topological polar surface area (TPSA) is 52.3 Å². The number of hydrogen-bond donors (Lipinski definition) is 0. The lowest BCUT2D eigenvalue weighted by atomic mass is 10.5. The summed E-state index contributed by atoms with van der Waals surface area (Å²) in [4.78, 5) is 10.1. The van der Waals surface area contributed by atoms with Gasteiger partial charge in [0.1, 0.15) is 0 Å². The molecule has 0 aliphatic carbocycles. The van der Waals surface area contributed by atoms with E-state index in [1.807, 2.05) is 0 Å². The van der Waals surface area contributed by atoms with Gasteiger partial charge in [-0.15, -0.1) is 0 Å². The van der Waals surface area contributed by atoms with Crippen molar-refractivity contribution in [1.29, 1.82) is 0 Å². The molecule has 0 spiro atoms. The first-order valence-corrected chi connectivity index (χ1v) is 2.12. The molecular weight excluding hydrogens is 122 g/mol. The number of carbonyl (C=O) groups is 1. The van der Waals surface area contributed by atoms with Gasteiger partial charge in [0.05, 0.1) is 17.2 Å². The fourth-order valence-electron chi connectivity index (χ4n) is 0.376. The Morgan fingerprint density at radius 2 is 3.00 bits per heavy atom. The molecule has 1 heterocycles. The fourth-order valence-corrected chi connectivity index (χ4v) is 0.376. The lowest BCUT2D eigenvalue weighted by Gasteiger charge is -1.83. The number of aldehydes is 1. The first kappa shape index (κ1) is 3.00. The van der Waals surface area contributed by atoms with Crippen molar-refractivity contribution in [2.45, 2.75) is 0 Å². The highest BCUT2D eigenvalue weighted by Crippen LogP contribution is 2.07. The summed E-state index contributed by atoms with van der Waals surface area (Å²) in [7, 11) is -2.57. The summed E-state index contributed by atoms with van der Waals surface area (Å²) >= 11 is 0. The van der Waals surface area contributed by atoms with Crippen LogP contribution in [0.4, 0.5) is 0 Å². The quantitative estimate of drug-likeness (QED) is 0.547. The average molecular weight is 130 g/mol. The second-order valence-corrected chi connectivity index (χ2v) is 1.29. The van der Waals surface area contributed by atoms with Crippen LogP contribution in [0.1, 0.15) is 14.7 Å². The molecule has 4 heteroatoms. The van der Waals surface area contributed by atoms with Crippen molar-refractivity contribution in [3.63, 3.8) is 0 Å². The molecule has 0 radical (unpaired) electrons. The van der Waals surface area contributed by atoms with Gasteiger partial charge in [0.25, 0.3) is 5.88 Å². The summed E-state index contributed by atoms with van der Waals surface area (Å²) in [5.41, 5.74) is 0. The van der Waals surface area contributed by atoms with E-state index in [-0.39, 0.29) is 11.6 Å². The number of nitrogens with zero attached hydrogens (tertiary/aromatic N) is 1. The van der Waals surface area contributed by atoms with E-state index in [1.165, 1.54) is 0 Å². The average Bonchev–Trinajstić information content (AvgIpc) is 2.32. The molecule has 0 amide bonds. The number of methoxy groups -OCH3 is 1. The van der Waals surface area contributed by atoms with Crippen LogP contribution in [0.15, 0.2) is 10.6 Å². The highest BCUT2D eigenvalue weighted by Gasteiger charge is 1.99. The minimum Gasteiger partial charge on any atom is -0.479 e. The van der Waals surface area contributed by atoms with E-state index in [1.54, 1.807) is 0 Å². The third-order valence-electron chi connectivity index (χ3n) is 0.727. The van der Waals surface area contributed by atoms with Crippen molar-refractivity contribution in [3.8, 4) is 5.88 Å². The Kier molecular flexibility index (Phi) is 0.768. The van der Waals surface area contributed by atoms with E-state index >= 15 is 0 Å². The summed E-state index contributed by atoms with van der Waals surface area (Å²) < 4.78 is 28.7. The highest BCUT2D eigenvalue weighted by atomic mass is 16.5. The van der Waals surface area contributed by atoms with Crippen molar-refractivity contribution in [1.82, 2.24) is 5.16 Å². The maximum atomic E-state index is 10.1. The van der Waals surface area contributed by atoms with Gasteiger partial charge in [-0.05, 0) is 5.16 Å². The zero-order chi connectivity index (χ0) is 9.19. The molecule has 0 unspecified atom stereocenters. The van der Waals surface area contributed by atoms with Crippen molar-refractivity contribution in [2.24, 2.45) is 0 Å². The van der Waals surface area contributed by atoms with E-state index in [9.17, 15) is 4.79 Å². The molecule has 48 valence electrons. The van der Waals surface area contributed by atoms with Crippen LogP contribution < -0.4 is 4.74 Å². The van der Waals surface area contributed by atoms with Gasteiger partial charge in [0, 0.05) is 0 Å². The largest absolute Gasteiger partial charge is 0.479 e. The highest BCUT2D eigenvalue weighted by molar-refractivity contribution is 5.70. The third kappa shape index (κ3) is 1.07. The van der Waals surface area contributed by atoms with Gasteiger partial charge in [0.2, 0.25) is 5.76 Å². The lowest BCUT2D eigenvalue weighted by molar-refractivity contribution is 0.109. The molecule has 1 aromatic heterocycles. The van der Waals surface area contributed by atoms with Crippen LogP contribution in [0.2, 0.25) is 0 Å². The second-order valence-electron chi connectivity index (χ2n) is 1.29. The molecule has 1 aromatic rings. The summed E-state index contributed by atoms with van der Waals surface area (Å²) in [6, 6.07) is 1.10. The fraction of sp³-hybridized carbons (Fsp3) is 0.200. The monoisotopic (exact) mass is 130 g/mol. The Morgan fingerprint density at radius 3 is 3.56 bits per heavy atom. The van der Waals surface area contributed by atoms with E-state index in [4.69, 9.17) is 4.11 Å². The van der Waals surface area contributed by atoms with Gasteiger partial charge < -0.3 is 9.26 Å². The molecule has 0 fully saturated rings. The summed E-state index contributed by atoms with van der Waals surface area (Å²) in [6.45, 7) is 0. The molecule has 0 N–H and O–H groups in total. The van der Waals surface area contributed by atoms with Crippen LogP contribution in [0.25, 0.3) is 0 Å². The molecule has 0 atom stereocenters. The van der Waals surface area contributed by atoms with Crippen LogP contribution >= 0.6 is 0 Å². The first-order valence-electron chi connectivity index (χ1n) is 3.62. The zero-order valence-electron chi connectivity index (χ0n) is 7.33. The third-order valence-corrected chi connectivity index (χ3v) is 0.727. The van der Waals surface area contributed by atoms with Crippen LogP contribution in [-0.2, 0) is 0 Å². The molecule has 0 aliphatic heterocycles. The Morgan fingerprint density at radius 1 is 2.11 bits per heavy atom. The van der Waals surface area contributed by atoms with Crippen molar-refractivity contribution in [3.05, 3.63) is 11.8 Å². The molecule has 0 saturated carbocycles. The summed E-state index contributed by atoms with van der Waals surface area (Å²) in [5.74, 6) is -0.300. The van der Waals surface area contributed by atoms with Crippen LogP contribution in [-0.4, -0.2) is 18.5 Å². The number of ether oxygens (including phenoxy) is 1. The maximum Gasteiger partial charge on any atom is 0.254 e. The molecule has 0 aliphatic rings. The molecule has 0 bridgehead atoms. The number of carbonyl (C=O) groups excluding carboxylic acids is 1.